The summed E-state index contributed by atoms with van der Waals surface area (Å²) in [6.07, 6.45) is 0.769. The van der Waals surface area contributed by atoms with Crippen LogP contribution in [0.5, 0.6) is 0 Å². The fourth-order valence-electron chi connectivity index (χ4n) is 3.13. The van der Waals surface area contributed by atoms with Crippen molar-refractivity contribution in [1.29, 1.82) is 0 Å². The van der Waals surface area contributed by atoms with Crippen LogP contribution in [0.3, 0.4) is 0 Å². The zero-order valence-corrected chi connectivity index (χ0v) is 18.1. The van der Waals surface area contributed by atoms with E-state index in [-0.39, 0.29) is 6.09 Å². The van der Waals surface area contributed by atoms with Crippen LogP contribution in [0.1, 0.15) is 41.5 Å². The Hall–Kier alpha value is -2.77. The number of nitrogens with zero attached hydrogens (tertiary/aromatic N) is 4. The van der Waals surface area contributed by atoms with Crippen LogP contribution in [-0.4, -0.2) is 64.0 Å². The van der Waals surface area contributed by atoms with Crippen molar-refractivity contribution in [1.82, 2.24) is 14.5 Å². The largest absolute Gasteiger partial charge is 0.444 e. The van der Waals surface area contributed by atoms with Crippen molar-refractivity contribution in [3.63, 3.8) is 0 Å². The summed E-state index contributed by atoms with van der Waals surface area (Å²) in [5.74, 6) is 0. The highest BCUT2D eigenvalue weighted by atomic mass is 16.6. The molecular weight excluding hydrogens is 372 g/mol. The van der Waals surface area contributed by atoms with E-state index in [4.69, 9.17) is 9.47 Å². The molecule has 2 heterocycles. The summed E-state index contributed by atoms with van der Waals surface area (Å²) in [6, 6.07) is 5.80. The van der Waals surface area contributed by atoms with Crippen LogP contribution in [0.4, 0.5) is 15.3 Å². The standard InChI is InChI=1S/C21H30N4O4/c1-20(2,3)28-18(26)24-11-9-23(10-12-24)15-7-8-17-16(13-15)22-14-25(17)19(27)29-21(4,5)6/h7-8,13-14H,9-12H2,1-6H3. The molecule has 0 N–H and O–H groups in total. The number of piperazine rings is 1. The SMILES string of the molecule is CC(C)(C)OC(=O)N1CCN(c2ccc3c(c2)ncn3C(=O)OC(C)(C)C)CC1. The lowest BCUT2D eigenvalue weighted by Gasteiger charge is -2.36. The van der Waals surface area contributed by atoms with Crippen LogP contribution in [0.25, 0.3) is 11.0 Å². The van der Waals surface area contributed by atoms with Gasteiger partial charge in [-0.15, -0.1) is 0 Å². The van der Waals surface area contributed by atoms with Gasteiger partial charge in [-0.1, -0.05) is 0 Å². The number of imidazole rings is 1. The van der Waals surface area contributed by atoms with E-state index >= 15 is 0 Å². The molecule has 158 valence electrons. The Kier molecular flexibility index (Phi) is 5.47. The fraction of sp³-hybridized carbons (Fsp3) is 0.571. The van der Waals surface area contributed by atoms with Crippen LogP contribution < -0.4 is 4.90 Å². The van der Waals surface area contributed by atoms with E-state index in [1.807, 2.05) is 59.7 Å². The van der Waals surface area contributed by atoms with Crippen molar-refractivity contribution in [3.05, 3.63) is 24.5 Å². The number of anilines is 1. The predicted octanol–water partition coefficient (Wildman–Crippen LogP) is 3.88. The van der Waals surface area contributed by atoms with Gasteiger partial charge >= 0.3 is 12.2 Å². The zero-order chi connectivity index (χ0) is 21.4. The van der Waals surface area contributed by atoms with Crippen LogP contribution in [0.2, 0.25) is 0 Å². The van der Waals surface area contributed by atoms with E-state index in [0.29, 0.717) is 31.7 Å². The summed E-state index contributed by atoms with van der Waals surface area (Å²) in [7, 11) is 0. The molecule has 1 aromatic carbocycles. The molecule has 1 amide bonds. The maximum atomic E-state index is 12.4. The first-order valence-corrected chi connectivity index (χ1v) is 9.86. The van der Waals surface area contributed by atoms with Crippen molar-refractivity contribution in [2.45, 2.75) is 52.7 Å². The zero-order valence-electron chi connectivity index (χ0n) is 18.1. The quantitative estimate of drug-likeness (QED) is 0.721. The molecule has 0 aliphatic carbocycles. The van der Waals surface area contributed by atoms with Gasteiger partial charge in [0.2, 0.25) is 0 Å². The Bertz CT molecular complexity index is 900. The molecular formula is C21H30N4O4. The normalized spacial score (nSPS) is 15.5. The monoisotopic (exact) mass is 402 g/mol. The summed E-state index contributed by atoms with van der Waals surface area (Å²) in [6.45, 7) is 13.7. The highest BCUT2D eigenvalue weighted by Crippen LogP contribution is 2.24. The minimum Gasteiger partial charge on any atom is -0.444 e. The van der Waals surface area contributed by atoms with Gasteiger partial charge in [-0.05, 0) is 59.7 Å². The molecule has 0 spiro atoms. The summed E-state index contributed by atoms with van der Waals surface area (Å²) in [5, 5.41) is 0. The van der Waals surface area contributed by atoms with E-state index in [1.165, 1.54) is 10.9 Å². The number of amides is 1. The molecule has 0 saturated carbocycles. The van der Waals surface area contributed by atoms with Crippen LogP contribution in [0.15, 0.2) is 24.5 Å². The first-order valence-electron chi connectivity index (χ1n) is 9.86. The fourth-order valence-corrected chi connectivity index (χ4v) is 3.13. The molecule has 0 unspecified atom stereocenters. The molecule has 0 bridgehead atoms. The molecule has 8 heteroatoms. The number of hydrogen-bond acceptors (Lipinski definition) is 6. The maximum Gasteiger partial charge on any atom is 0.420 e. The first kappa shape index (κ1) is 21.0. The number of rotatable bonds is 1. The number of carbonyl (C=O) groups excluding carboxylic acids is 2. The summed E-state index contributed by atoms with van der Waals surface area (Å²) in [4.78, 5) is 32.9. The Balaban J connectivity index is 1.68. The topological polar surface area (TPSA) is 76.9 Å². The van der Waals surface area contributed by atoms with Crippen LogP contribution >= 0.6 is 0 Å². The van der Waals surface area contributed by atoms with E-state index in [2.05, 4.69) is 9.88 Å². The lowest BCUT2D eigenvalue weighted by Crippen LogP contribution is -2.50. The Morgan fingerprint density at radius 1 is 0.897 bits per heavy atom. The third kappa shape index (κ3) is 5.19. The van der Waals surface area contributed by atoms with Gasteiger partial charge in [0, 0.05) is 31.9 Å². The van der Waals surface area contributed by atoms with Gasteiger partial charge in [-0.2, -0.15) is 0 Å². The maximum absolute atomic E-state index is 12.4. The number of fused-ring (bicyclic) bond motifs is 1. The second-order valence-electron chi connectivity index (χ2n) is 9.22. The molecule has 1 aliphatic rings. The van der Waals surface area contributed by atoms with Crippen molar-refractivity contribution >= 4 is 28.9 Å². The van der Waals surface area contributed by atoms with Gasteiger partial charge in [0.05, 0.1) is 11.0 Å². The molecule has 1 aromatic heterocycles. The third-order valence-electron chi connectivity index (χ3n) is 4.42. The van der Waals surface area contributed by atoms with E-state index in [0.717, 1.165) is 11.2 Å². The number of ether oxygens (including phenoxy) is 2. The Morgan fingerprint density at radius 2 is 1.48 bits per heavy atom. The minimum absolute atomic E-state index is 0.274. The molecule has 2 aromatic rings. The number of hydrogen-bond donors (Lipinski definition) is 0. The second kappa shape index (κ2) is 7.57. The highest BCUT2D eigenvalue weighted by Gasteiger charge is 2.26. The average molecular weight is 402 g/mol. The van der Waals surface area contributed by atoms with E-state index < -0.39 is 17.3 Å². The molecule has 0 atom stereocenters. The van der Waals surface area contributed by atoms with Gasteiger partial charge in [0.1, 0.15) is 17.5 Å². The lowest BCUT2D eigenvalue weighted by molar-refractivity contribution is 0.0240. The van der Waals surface area contributed by atoms with Gasteiger partial charge in [-0.3, -0.25) is 0 Å². The smallest absolute Gasteiger partial charge is 0.420 e. The molecule has 1 saturated heterocycles. The number of benzene rings is 1. The van der Waals surface area contributed by atoms with Gasteiger partial charge in [0.25, 0.3) is 0 Å². The van der Waals surface area contributed by atoms with Gasteiger partial charge in [0.15, 0.2) is 0 Å². The molecule has 3 rings (SSSR count). The van der Waals surface area contributed by atoms with Crippen molar-refractivity contribution in [2.75, 3.05) is 31.1 Å². The van der Waals surface area contributed by atoms with Gasteiger partial charge < -0.3 is 19.3 Å². The first-order chi connectivity index (χ1) is 13.4. The molecule has 1 fully saturated rings. The van der Waals surface area contributed by atoms with E-state index in [9.17, 15) is 9.59 Å². The molecule has 1 aliphatic heterocycles. The summed E-state index contributed by atoms with van der Waals surface area (Å²) >= 11 is 0. The number of carbonyl (C=O) groups is 2. The van der Waals surface area contributed by atoms with Crippen molar-refractivity contribution in [2.24, 2.45) is 0 Å². The Morgan fingerprint density at radius 3 is 2.07 bits per heavy atom. The van der Waals surface area contributed by atoms with Crippen molar-refractivity contribution < 1.29 is 19.1 Å². The average Bonchev–Trinajstić information content (AvgIpc) is 3.02. The van der Waals surface area contributed by atoms with Crippen molar-refractivity contribution in [3.8, 4) is 0 Å². The lowest BCUT2D eigenvalue weighted by atomic mass is 10.2. The molecule has 29 heavy (non-hydrogen) atoms. The van der Waals surface area contributed by atoms with Crippen LogP contribution in [0, 0.1) is 0 Å². The summed E-state index contributed by atoms with van der Waals surface area (Å²) in [5.41, 5.74) is 1.38. The van der Waals surface area contributed by atoms with Crippen LogP contribution in [-0.2, 0) is 9.47 Å². The Labute approximate surface area is 171 Å². The summed E-state index contributed by atoms with van der Waals surface area (Å²) < 4.78 is 12.3. The third-order valence-corrected chi connectivity index (χ3v) is 4.42. The van der Waals surface area contributed by atoms with Gasteiger partial charge in [-0.25, -0.2) is 19.1 Å². The number of aromatic nitrogens is 2. The molecule has 8 nitrogen and oxygen atoms in total. The van der Waals surface area contributed by atoms with E-state index in [1.54, 1.807) is 4.90 Å². The minimum atomic E-state index is -0.568. The molecule has 0 radical (unpaired) electrons. The predicted molar refractivity (Wildman–Crippen MR) is 111 cm³/mol. The second-order valence-corrected chi connectivity index (χ2v) is 9.22. The highest BCUT2D eigenvalue weighted by molar-refractivity contribution is 5.88.